The molecule has 1 radical (unpaired) electrons. The minimum atomic E-state index is 0.340. The fraction of sp³-hybridized carbons (Fsp3) is 0.615. The van der Waals surface area contributed by atoms with Crippen molar-refractivity contribution < 1.29 is 4.79 Å². The summed E-state index contributed by atoms with van der Waals surface area (Å²) in [5.41, 5.74) is 0. The Labute approximate surface area is 100 Å². The van der Waals surface area contributed by atoms with Crippen LogP contribution in [-0.2, 0) is 0 Å². The molecule has 2 nitrogen and oxygen atoms in total. The number of carbonyl (C=O) groups excluding carboxylic acids is 1. The van der Waals surface area contributed by atoms with Gasteiger partial charge in [-0.1, -0.05) is 6.07 Å². The first-order valence-corrected chi connectivity index (χ1v) is 7.01. The zero-order valence-corrected chi connectivity index (χ0v) is 10.2. The minimum absolute atomic E-state index is 0.340. The first kappa shape index (κ1) is 10.5. The summed E-state index contributed by atoms with van der Waals surface area (Å²) in [5.74, 6) is 1.23. The lowest BCUT2D eigenvalue weighted by atomic mass is 9.81. The van der Waals surface area contributed by atoms with E-state index in [0.717, 1.165) is 17.2 Å². The number of rotatable bonds is 3. The highest BCUT2D eigenvalue weighted by Crippen LogP contribution is 2.32. The van der Waals surface area contributed by atoms with E-state index in [-0.39, 0.29) is 0 Å². The molecule has 1 aromatic heterocycles. The zero-order chi connectivity index (χ0) is 11.0. The van der Waals surface area contributed by atoms with Crippen LogP contribution in [0.5, 0.6) is 0 Å². The molecule has 0 aromatic carbocycles. The van der Waals surface area contributed by atoms with Crippen LogP contribution >= 0.6 is 11.3 Å². The summed E-state index contributed by atoms with van der Waals surface area (Å²) in [6.07, 6.45) is 4.68. The van der Waals surface area contributed by atoms with Crippen LogP contribution in [0.25, 0.3) is 0 Å². The molecule has 0 aliphatic carbocycles. The van der Waals surface area contributed by atoms with Gasteiger partial charge in [0.25, 0.3) is 0 Å². The molecule has 1 atom stereocenters. The number of fused-ring (bicyclic) bond motifs is 3. The van der Waals surface area contributed by atoms with Crippen molar-refractivity contribution in [2.24, 2.45) is 5.92 Å². The Morgan fingerprint density at radius 3 is 2.81 bits per heavy atom. The maximum atomic E-state index is 12.0. The highest BCUT2D eigenvalue weighted by Gasteiger charge is 2.42. The Hall–Kier alpha value is -0.670. The number of carbonyl (C=O) groups is 1. The molecule has 85 valence electrons. The average molecular weight is 235 g/mol. The Balaban J connectivity index is 1.65. The van der Waals surface area contributed by atoms with Gasteiger partial charge in [-0.3, -0.25) is 4.79 Å². The number of hydrogen-bond donors (Lipinski definition) is 0. The summed E-state index contributed by atoms with van der Waals surface area (Å²) in [6, 6.07) is 4.44. The SMILES string of the molecule is O=C(CC1CC2CC[N+]1CC2)c1cccs1. The summed E-state index contributed by atoms with van der Waals surface area (Å²) in [6.45, 7) is 2.43. The molecule has 4 heterocycles. The predicted molar refractivity (Wildman–Crippen MR) is 66.3 cm³/mol. The zero-order valence-electron chi connectivity index (χ0n) is 9.39. The summed E-state index contributed by atoms with van der Waals surface area (Å²) in [5, 5.41) is 1.99. The molecule has 0 saturated carbocycles. The van der Waals surface area contributed by atoms with E-state index in [1.54, 1.807) is 11.3 Å². The summed E-state index contributed by atoms with van der Waals surface area (Å²) in [7, 11) is 0. The molecule has 3 saturated heterocycles. The summed E-state index contributed by atoms with van der Waals surface area (Å²) >= 11 is 1.57. The molecule has 0 N–H and O–H groups in total. The number of Topliss-reactive ketones (excluding diaryl/α,β-unsaturated/α-hetero) is 1. The second kappa shape index (κ2) is 4.30. The Morgan fingerprint density at radius 2 is 2.25 bits per heavy atom. The molecule has 3 aliphatic heterocycles. The Morgan fingerprint density at radius 1 is 1.44 bits per heavy atom. The molecule has 0 amide bonds. The quantitative estimate of drug-likeness (QED) is 0.583. The number of ketones is 1. The highest BCUT2D eigenvalue weighted by molar-refractivity contribution is 7.12. The molecule has 1 unspecified atom stereocenters. The van der Waals surface area contributed by atoms with Crippen LogP contribution in [0.2, 0.25) is 0 Å². The van der Waals surface area contributed by atoms with Crippen molar-refractivity contribution in [1.82, 2.24) is 4.90 Å². The van der Waals surface area contributed by atoms with Gasteiger partial charge >= 0.3 is 0 Å². The third-order valence-electron chi connectivity index (χ3n) is 3.99. The lowest BCUT2D eigenvalue weighted by Crippen LogP contribution is -2.53. The van der Waals surface area contributed by atoms with Crippen molar-refractivity contribution in [1.29, 1.82) is 0 Å². The van der Waals surface area contributed by atoms with Crippen LogP contribution in [-0.4, -0.2) is 24.9 Å². The molecule has 2 bridgehead atoms. The second-order valence-corrected chi connectivity index (χ2v) is 5.92. The van der Waals surface area contributed by atoms with Crippen LogP contribution in [0.1, 0.15) is 35.4 Å². The average Bonchev–Trinajstić information content (AvgIpc) is 2.84. The van der Waals surface area contributed by atoms with Gasteiger partial charge in [-0.2, -0.15) is 4.90 Å². The van der Waals surface area contributed by atoms with Gasteiger partial charge in [0.05, 0.1) is 11.3 Å². The predicted octanol–water partition coefficient (Wildman–Crippen LogP) is 2.64. The van der Waals surface area contributed by atoms with E-state index in [1.165, 1.54) is 32.4 Å². The fourth-order valence-electron chi connectivity index (χ4n) is 3.05. The molecular weight excluding hydrogens is 218 g/mol. The van der Waals surface area contributed by atoms with Crippen LogP contribution in [0.4, 0.5) is 0 Å². The molecule has 0 spiro atoms. The molecule has 1 aromatic rings. The van der Waals surface area contributed by atoms with Crippen LogP contribution in [0.15, 0.2) is 17.5 Å². The van der Waals surface area contributed by atoms with Gasteiger partial charge in [0.15, 0.2) is 5.78 Å². The van der Waals surface area contributed by atoms with E-state index in [9.17, 15) is 4.79 Å². The maximum absolute atomic E-state index is 12.0. The van der Waals surface area contributed by atoms with Crippen LogP contribution < -0.4 is 4.90 Å². The van der Waals surface area contributed by atoms with E-state index < -0.39 is 0 Å². The number of thiophene rings is 1. The van der Waals surface area contributed by atoms with Crippen molar-refractivity contribution in [3.05, 3.63) is 22.4 Å². The monoisotopic (exact) mass is 235 g/mol. The summed E-state index contributed by atoms with van der Waals surface area (Å²) < 4.78 is 0. The van der Waals surface area contributed by atoms with E-state index in [1.807, 2.05) is 17.5 Å². The van der Waals surface area contributed by atoms with E-state index >= 15 is 0 Å². The largest absolute Gasteiger partial charge is 0.293 e. The highest BCUT2D eigenvalue weighted by atomic mass is 32.1. The van der Waals surface area contributed by atoms with Gasteiger partial charge in [-0.05, 0) is 17.4 Å². The smallest absolute Gasteiger partial charge is 0.178 e. The van der Waals surface area contributed by atoms with Gasteiger partial charge in [-0.15, -0.1) is 11.3 Å². The Kier molecular flexibility index (Phi) is 2.82. The third-order valence-corrected chi connectivity index (χ3v) is 4.90. The lowest BCUT2D eigenvalue weighted by Gasteiger charge is -2.36. The molecule has 3 fully saturated rings. The fourth-order valence-corrected chi connectivity index (χ4v) is 3.73. The second-order valence-electron chi connectivity index (χ2n) is 4.97. The lowest BCUT2D eigenvalue weighted by molar-refractivity contribution is 0.0856. The van der Waals surface area contributed by atoms with Gasteiger partial charge in [0.2, 0.25) is 0 Å². The molecule has 3 heteroatoms. The van der Waals surface area contributed by atoms with E-state index in [4.69, 9.17) is 0 Å². The topological polar surface area (TPSA) is 23.0 Å². The molecular formula is C13H17NOS+. The first-order chi connectivity index (χ1) is 7.83. The van der Waals surface area contributed by atoms with Crippen LogP contribution in [0.3, 0.4) is 0 Å². The van der Waals surface area contributed by atoms with Crippen molar-refractivity contribution in [3.63, 3.8) is 0 Å². The maximum Gasteiger partial charge on any atom is 0.178 e. The third kappa shape index (κ3) is 1.94. The molecule has 16 heavy (non-hydrogen) atoms. The van der Waals surface area contributed by atoms with Crippen molar-refractivity contribution in [2.75, 3.05) is 13.1 Å². The molecule has 3 aliphatic rings. The van der Waals surface area contributed by atoms with Crippen molar-refractivity contribution >= 4 is 17.1 Å². The van der Waals surface area contributed by atoms with Gasteiger partial charge in [0, 0.05) is 19.3 Å². The normalized spacial score (nSPS) is 32.9. The van der Waals surface area contributed by atoms with Gasteiger partial charge in [0.1, 0.15) is 19.1 Å². The van der Waals surface area contributed by atoms with E-state index in [0.29, 0.717) is 11.8 Å². The van der Waals surface area contributed by atoms with Crippen molar-refractivity contribution in [3.8, 4) is 0 Å². The van der Waals surface area contributed by atoms with Crippen molar-refractivity contribution in [2.45, 2.75) is 31.7 Å². The number of hydrogen-bond acceptors (Lipinski definition) is 3. The van der Waals surface area contributed by atoms with Gasteiger partial charge < -0.3 is 0 Å². The minimum Gasteiger partial charge on any atom is -0.293 e. The standard InChI is InChI=1S/C13H17NOS/c15-12(13-2-1-7-16-13)9-11-8-10-3-5-14(11)6-4-10/h1-2,7,10-11H,3-6,8-9H2/q+1. The summed E-state index contributed by atoms with van der Waals surface area (Å²) in [4.78, 5) is 15.5. The first-order valence-electron chi connectivity index (χ1n) is 6.13. The molecule has 4 rings (SSSR count). The van der Waals surface area contributed by atoms with E-state index in [2.05, 4.69) is 4.90 Å². The Bertz CT molecular complexity index is 365. The number of piperidine rings is 3. The number of nitrogens with zero attached hydrogens (tertiary/aromatic N) is 1. The van der Waals surface area contributed by atoms with Gasteiger partial charge in [-0.25, -0.2) is 0 Å². The van der Waals surface area contributed by atoms with Crippen LogP contribution in [0, 0.1) is 5.92 Å².